The van der Waals surface area contributed by atoms with Gasteiger partial charge >= 0.3 is 24.1 Å². The molecule has 2 heterocycles. The van der Waals surface area contributed by atoms with Gasteiger partial charge in [0.25, 0.3) is 0 Å². The highest BCUT2D eigenvalue weighted by atomic mass is 16.6. The molecule has 2 aliphatic heterocycles. The molecule has 2 aliphatic rings. The van der Waals surface area contributed by atoms with Gasteiger partial charge in [0.15, 0.2) is 0 Å². The van der Waals surface area contributed by atoms with Crippen molar-refractivity contribution in [2.24, 2.45) is 0 Å². The monoisotopic (exact) mass is 458 g/mol. The van der Waals surface area contributed by atoms with Crippen LogP contribution in [0.1, 0.15) is 75.2 Å². The highest BCUT2D eigenvalue weighted by Gasteiger charge is 2.52. The van der Waals surface area contributed by atoms with Crippen molar-refractivity contribution >= 4 is 24.1 Å². The number of carbonyl (C=O) groups is 4. The number of nitrogens with zero attached hydrogens (tertiary/aromatic N) is 2. The van der Waals surface area contributed by atoms with Gasteiger partial charge in [-0.2, -0.15) is 0 Å². The second-order valence-corrected chi connectivity index (χ2v) is 10.3. The number of esters is 1. The van der Waals surface area contributed by atoms with Gasteiger partial charge in [-0.15, -0.1) is 0 Å². The molecule has 2 unspecified atom stereocenters. The number of aliphatic carboxylic acids is 1. The molecule has 0 spiro atoms. The third-order valence-corrected chi connectivity index (χ3v) is 5.24. The smallest absolute Gasteiger partial charge is 0.411 e. The second kappa shape index (κ2) is 9.54. The molecule has 1 N–H and O–H groups in total. The van der Waals surface area contributed by atoms with Crippen LogP contribution in [0.5, 0.6) is 0 Å². The summed E-state index contributed by atoms with van der Waals surface area (Å²) in [5, 5.41) is 8.96. The fourth-order valence-electron chi connectivity index (χ4n) is 3.06. The van der Waals surface area contributed by atoms with Gasteiger partial charge in [0.2, 0.25) is 0 Å². The first-order chi connectivity index (χ1) is 14.4. The Hall–Kier alpha value is -2.52. The van der Waals surface area contributed by atoms with Crippen LogP contribution in [0, 0.1) is 0 Å². The van der Waals surface area contributed by atoms with Crippen LogP contribution in [0.15, 0.2) is 0 Å². The topological polar surface area (TPSA) is 123 Å². The molecule has 0 radical (unpaired) electrons. The molecule has 2 rings (SSSR count). The van der Waals surface area contributed by atoms with Gasteiger partial charge < -0.3 is 19.3 Å². The van der Waals surface area contributed by atoms with Gasteiger partial charge in [0, 0.05) is 13.1 Å². The summed E-state index contributed by atoms with van der Waals surface area (Å²) in [7, 11) is 0. The van der Waals surface area contributed by atoms with E-state index in [0.29, 0.717) is 32.5 Å². The summed E-state index contributed by atoms with van der Waals surface area (Å²) in [6.45, 7) is 16.9. The molecule has 0 aromatic rings. The maximum absolute atomic E-state index is 11.9. The van der Waals surface area contributed by atoms with E-state index in [1.807, 2.05) is 0 Å². The van der Waals surface area contributed by atoms with E-state index in [-0.39, 0.29) is 5.97 Å². The molecule has 32 heavy (non-hydrogen) atoms. The van der Waals surface area contributed by atoms with E-state index in [9.17, 15) is 19.2 Å². The molecule has 0 bridgehead atoms. The lowest BCUT2D eigenvalue weighted by molar-refractivity contribution is -0.164. The summed E-state index contributed by atoms with van der Waals surface area (Å²) < 4.78 is 15.3. The number of rotatable bonds is 3. The third kappa shape index (κ3) is 6.49. The highest BCUT2D eigenvalue weighted by molar-refractivity contribution is 5.87. The van der Waals surface area contributed by atoms with E-state index >= 15 is 0 Å². The first-order valence-electron chi connectivity index (χ1n) is 10.8. The molecule has 2 amide bonds. The fraction of sp³-hybridized carbons (Fsp3) is 0.818. The summed E-state index contributed by atoms with van der Waals surface area (Å²) in [6.07, 6.45) is 0.0741. The van der Waals surface area contributed by atoms with Crippen LogP contribution >= 0.6 is 0 Å². The fourth-order valence-corrected chi connectivity index (χ4v) is 3.06. The number of carboxylic acids is 1. The molecule has 2 atom stereocenters. The average Bonchev–Trinajstić information content (AvgIpc) is 2.55. The van der Waals surface area contributed by atoms with Gasteiger partial charge in [-0.25, -0.2) is 19.2 Å². The van der Waals surface area contributed by atoms with E-state index in [0.717, 1.165) is 0 Å². The average molecular weight is 459 g/mol. The Morgan fingerprint density at radius 3 is 1.44 bits per heavy atom. The zero-order chi connectivity index (χ0) is 25.1. The van der Waals surface area contributed by atoms with Crippen LogP contribution in [0.4, 0.5) is 9.59 Å². The number of carbonyl (C=O) groups excluding carboxylic acids is 3. The summed E-state index contributed by atoms with van der Waals surface area (Å²) >= 11 is 0. The predicted octanol–water partition coefficient (Wildman–Crippen LogP) is 3.42. The number of hydrogen-bond donors (Lipinski definition) is 1. The Kier molecular flexibility index (Phi) is 8.20. The maximum atomic E-state index is 11.9. The molecule has 10 heteroatoms. The molecule has 10 nitrogen and oxygen atoms in total. The molecule has 0 aliphatic carbocycles. The van der Waals surface area contributed by atoms with Gasteiger partial charge in [-0.05, 0) is 75.2 Å². The van der Waals surface area contributed by atoms with Gasteiger partial charge in [0.1, 0.15) is 22.3 Å². The lowest BCUT2D eigenvalue weighted by atomic mass is 9.87. The largest absolute Gasteiger partial charge is 0.480 e. The van der Waals surface area contributed by atoms with Crippen LogP contribution in [-0.2, 0) is 23.8 Å². The van der Waals surface area contributed by atoms with E-state index in [1.165, 1.54) is 16.7 Å². The zero-order valence-electron chi connectivity index (χ0n) is 20.7. The van der Waals surface area contributed by atoms with E-state index in [2.05, 4.69) is 0 Å². The maximum Gasteiger partial charge on any atom is 0.411 e. The van der Waals surface area contributed by atoms with Crippen molar-refractivity contribution in [3.63, 3.8) is 0 Å². The Morgan fingerprint density at radius 2 is 1.19 bits per heavy atom. The minimum atomic E-state index is -1.09. The molecule has 0 aromatic heterocycles. The van der Waals surface area contributed by atoms with Gasteiger partial charge in [0.05, 0.1) is 6.61 Å². The van der Waals surface area contributed by atoms with Crippen LogP contribution in [0.2, 0.25) is 0 Å². The van der Waals surface area contributed by atoms with Crippen LogP contribution in [-0.4, -0.2) is 81.0 Å². The van der Waals surface area contributed by atoms with Crippen LogP contribution in [0.25, 0.3) is 0 Å². The Labute approximate surface area is 190 Å². The van der Waals surface area contributed by atoms with E-state index in [4.69, 9.17) is 19.3 Å². The summed E-state index contributed by atoms with van der Waals surface area (Å²) in [6, 6.07) is 0. The Bertz CT molecular complexity index is 739. The lowest BCUT2D eigenvalue weighted by Gasteiger charge is -2.47. The highest BCUT2D eigenvalue weighted by Crippen LogP contribution is 2.33. The molecular formula is C22H38N2O8. The Morgan fingerprint density at radius 1 is 0.812 bits per heavy atom. The number of ether oxygens (including phenoxy) is 3. The summed E-state index contributed by atoms with van der Waals surface area (Å²) in [5.41, 5.74) is -3.10. The molecule has 184 valence electrons. The number of carboxylic acid groups (broad SMARTS) is 1. The number of amides is 2. The minimum Gasteiger partial charge on any atom is -0.480 e. The third-order valence-electron chi connectivity index (χ3n) is 5.24. The molecule has 0 saturated carbocycles. The second-order valence-electron chi connectivity index (χ2n) is 10.3. The van der Waals surface area contributed by atoms with Crippen LogP contribution in [0.3, 0.4) is 0 Å². The molecule has 2 fully saturated rings. The summed E-state index contributed by atoms with van der Waals surface area (Å²) in [5.74, 6) is -1.35. The van der Waals surface area contributed by atoms with Crippen molar-refractivity contribution < 1.29 is 38.5 Å². The number of likely N-dealkylation sites (tertiary alicyclic amines) is 2. The normalized spacial score (nSPS) is 24.8. The summed E-state index contributed by atoms with van der Waals surface area (Å²) in [4.78, 5) is 48.8. The quantitative estimate of drug-likeness (QED) is 0.504. The minimum absolute atomic E-state index is 0.316. The lowest BCUT2D eigenvalue weighted by Crippen LogP contribution is -2.65. The first-order valence-corrected chi connectivity index (χ1v) is 10.8. The zero-order valence-corrected chi connectivity index (χ0v) is 20.7. The van der Waals surface area contributed by atoms with Gasteiger partial charge in [-0.1, -0.05) is 0 Å². The van der Waals surface area contributed by atoms with Gasteiger partial charge in [-0.3, -0.25) is 9.80 Å². The number of hydrogen-bond acceptors (Lipinski definition) is 7. The van der Waals surface area contributed by atoms with Crippen LogP contribution < -0.4 is 0 Å². The van der Waals surface area contributed by atoms with E-state index < -0.39 is 40.4 Å². The van der Waals surface area contributed by atoms with Crippen molar-refractivity contribution in [2.75, 3.05) is 19.7 Å². The Balaban J connectivity index is 0.000000323. The standard InChI is InChI=1S/C12H21NO4.C10H17NO4/c1-6-16-9(14)12(5)7-8-13(12)10(15)17-11(2,3)4;1-9(2,3)15-8(14)11-6-5-10(11,4)7(12)13/h6-8H2,1-5H3;5-6H2,1-4H3,(H,12,13). The van der Waals surface area contributed by atoms with Crippen molar-refractivity contribution in [1.82, 2.24) is 9.80 Å². The van der Waals surface area contributed by atoms with Crippen molar-refractivity contribution in [2.45, 2.75) is 97.4 Å². The van der Waals surface area contributed by atoms with Crippen molar-refractivity contribution in [3.8, 4) is 0 Å². The first kappa shape index (κ1) is 27.5. The molecule has 2 saturated heterocycles. The molecular weight excluding hydrogens is 420 g/mol. The SMILES string of the molecule is CC(C)(C)OC(=O)N1CCC1(C)C(=O)O.CCOC(=O)C1(C)CCN1C(=O)OC(C)(C)C. The molecule has 0 aromatic carbocycles. The predicted molar refractivity (Wildman–Crippen MR) is 116 cm³/mol. The van der Waals surface area contributed by atoms with Crippen molar-refractivity contribution in [3.05, 3.63) is 0 Å². The van der Waals surface area contributed by atoms with Crippen molar-refractivity contribution in [1.29, 1.82) is 0 Å². The van der Waals surface area contributed by atoms with E-state index in [1.54, 1.807) is 55.4 Å².